The zero-order valence-electron chi connectivity index (χ0n) is 11.2. The third-order valence-electron chi connectivity index (χ3n) is 3.35. The number of anilines is 1. The SMILES string of the molecule is CC(C)(C)N1CCCOc2nc3[nH]ccc3cc21. The molecule has 0 saturated carbocycles. The first-order valence-corrected chi connectivity index (χ1v) is 6.44. The molecule has 0 radical (unpaired) electrons. The Morgan fingerprint density at radius 2 is 2.22 bits per heavy atom. The predicted molar refractivity (Wildman–Crippen MR) is 73.3 cm³/mol. The van der Waals surface area contributed by atoms with Gasteiger partial charge in [-0.3, -0.25) is 0 Å². The average Bonchev–Trinajstić information content (AvgIpc) is 2.62. The van der Waals surface area contributed by atoms with Crippen molar-refractivity contribution in [2.75, 3.05) is 18.1 Å². The van der Waals surface area contributed by atoms with E-state index in [1.807, 2.05) is 12.3 Å². The van der Waals surface area contributed by atoms with Crippen LogP contribution in [0.1, 0.15) is 27.2 Å². The first kappa shape index (κ1) is 11.4. The number of fused-ring (bicyclic) bond motifs is 2. The number of pyridine rings is 1. The number of rotatable bonds is 0. The molecule has 4 nitrogen and oxygen atoms in total. The normalized spacial score (nSPS) is 16.3. The molecule has 0 aromatic carbocycles. The molecule has 0 bridgehead atoms. The summed E-state index contributed by atoms with van der Waals surface area (Å²) < 4.78 is 5.78. The van der Waals surface area contributed by atoms with E-state index in [2.05, 4.69) is 41.7 Å². The van der Waals surface area contributed by atoms with Gasteiger partial charge in [0.2, 0.25) is 5.88 Å². The lowest BCUT2D eigenvalue weighted by atomic mass is 10.0. The Hall–Kier alpha value is -1.71. The fourth-order valence-corrected chi connectivity index (χ4v) is 2.46. The molecule has 3 rings (SSSR count). The van der Waals surface area contributed by atoms with Crippen LogP contribution in [-0.4, -0.2) is 28.7 Å². The van der Waals surface area contributed by atoms with Crippen molar-refractivity contribution in [2.24, 2.45) is 0 Å². The Labute approximate surface area is 107 Å². The molecule has 0 fully saturated rings. The van der Waals surface area contributed by atoms with Crippen molar-refractivity contribution in [2.45, 2.75) is 32.7 Å². The molecule has 2 aromatic heterocycles. The first-order valence-electron chi connectivity index (χ1n) is 6.44. The smallest absolute Gasteiger partial charge is 0.239 e. The molecule has 1 aliphatic heterocycles. The summed E-state index contributed by atoms with van der Waals surface area (Å²) in [5.41, 5.74) is 2.07. The summed E-state index contributed by atoms with van der Waals surface area (Å²) in [6.07, 6.45) is 2.94. The monoisotopic (exact) mass is 245 g/mol. The van der Waals surface area contributed by atoms with Gasteiger partial charge in [0.25, 0.3) is 0 Å². The number of aromatic nitrogens is 2. The van der Waals surface area contributed by atoms with Gasteiger partial charge in [-0.2, -0.15) is 4.98 Å². The van der Waals surface area contributed by atoms with Crippen LogP contribution in [0.4, 0.5) is 5.69 Å². The van der Waals surface area contributed by atoms with Gasteiger partial charge in [0.1, 0.15) is 11.3 Å². The van der Waals surface area contributed by atoms with Gasteiger partial charge in [-0.1, -0.05) is 0 Å². The standard InChI is InChI=1S/C14H19N3O/c1-14(2,3)17-7-4-8-18-13-11(17)9-10-5-6-15-12(10)16-13/h5-6,9H,4,7-8H2,1-3H3,(H,15,16). The van der Waals surface area contributed by atoms with Crippen LogP contribution in [0, 0.1) is 0 Å². The maximum atomic E-state index is 5.78. The van der Waals surface area contributed by atoms with Gasteiger partial charge in [-0.05, 0) is 39.3 Å². The van der Waals surface area contributed by atoms with E-state index in [1.165, 1.54) is 0 Å². The summed E-state index contributed by atoms with van der Waals surface area (Å²) in [4.78, 5) is 10.1. The van der Waals surface area contributed by atoms with Crippen LogP contribution in [0.25, 0.3) is 11.0 Å². The number of nitrogens with zero attached hydrogens (tertiary/aromatic N) is 2. The lowest BCUT2D eigenvalue weighted by Crippen LogP contribution is -2.41. The van der Waals surface area contributed by atoms with Gasteiger partial charge in [0.15, 0.2) is 0 Å². The molecule has 0 unspecified atom stereocenters. The van der Waals surface area contributed by atoms with E-state index >= 15 is 0 Å². The quantitative estimate of drug-likeness (QED) is 0.775. The number of aromatic amines is 1. The van der Waals surface area contributed by atoms with Crippen LogP contribution in [0.5, 0.6) is 5.88 Å². The molecular weight excluding hydrogens is 226 g/mol. The summed E-state index contributed by atoms with van der Waals surface area (Å²) in [6, 6.07) is 4.22. The van der Waals surface area contributed by atoms with Crippen molar-refractivity contribution in [1.29, 1.82) is 0 Å². The summed E-state index contributed by atoms with van der Waals surface area (Å²) in [6.45, 7) is 8.42. The van der Waals surface area contributed by atoms with Gasteiger partial charge >= 0.3 is 0 Å². The highest BCUT2D eigenvalue weighted by Gasteiger charge is 2.27. The zero-order valence-corrected chi connectivity index (χ0v) is 11.2. The highest BCUT2D eigenvalue weighted by molar-refractivity contribution is 5.82. The van der Waals surface area contributed by atoms with Crippen molar-refractivity contribution in [3.05, 3.63) is 18.3 Å². The van der Waals surface area contributed by atoms with Gasteiger partial charge in [0.05, 0.1) is 6.61 Å². The van der Waals surface area contributed by atoms with Crippen molar-refractivity contribution >= 4 is 16.7 Å². The molecule has 0 aliphatic carbocycles. The van der Waals surface area contributed by atoms with Gasteiger partial charge < -0.3 is 14.6 Å². The van der Waals surface area contributed by atoms with E-state index < -0.39 is 0 Å². The van der Waals surface area contributed by atoms with E-state index in [0.29, 0.717) is 0 Å². The number of H-pyrrole nitrogens is 1. The molecule has 1 N–H and O–H groups in total. The second-order valence-electron chi connectivity index (χ2n) is 5.75. The second kappa shape index (κ2) is 3.90. The van der Waals surface area contributed by atoms with Crippen LogP contribution in [0.15, 0.2) is 18.3 Å². The minimum Gasteiger partial charge on any atom is -0.476 e. The summed E-state index contributed by atoms with van der Waals surface area (Å²) in [5, 5.41) is 1.13. The van der Waals surface area contributed by atoms with Gasteiger partial charge in [-0.25, -0.2) is 0 Å². The largest absolute Gasteiger partial charge is 0.476 e. The Kier molecular flexibility index (Phi) is 2.47. The Balaban J connectivity index is 2.18. The van der Waals surface area contributed by atoms with E-state index in [4.69, 9.17) is 4.74 Å². The van der Waals surface area contributed by atoms with E-state index in [1.54, 1.807) is 0 Å². The van der Waals surface area contributed by atoms with Crippen molar-refractivity contribution in [1.82, 2.24) is 9.97 Å². The summed E-state index contributed by atoms with van der Waals surface area (Å²) >= 11 is 0. The van der Waals surface area contributed by atoms with Gasteiger partial charge in [0, 0.05) is 23.7 Å². The van der Waals surface area contributed by atoms with Crippen LogP contribution in [0.3, 0.4) is 0 Å². The second-order valence-corrected chi connectivity index (χ2v) is 5.75. The van der Waals surface area contributed by atoms with Crippen LogP contribution < -0.4 is 9.64 Å². The maximum Gasteiger partial charge on any atom is 0.239 e. The van der Waals surface area contributed by atoms with Gasteiger partial charge in [-0.15, -0.1) is 0 Å². The Morgan fingerprint density at radius 3 is 3.00 bits per heavy atom. The lowest BCUT2D eigenvalue weighted by molar-refractivity contribution is 0.311. The third-order valence-corrected chi connectivity index (χ3v) is 3.35. The number of hydrogen-bond donors (Lipinski definition) is 1. The van der Waals surface area contributed by atoms with E-state index in [0.717, 1.165) is 42.2 Å². The van der Waals surface area contributed by atoms with E-state index in [-0.39, 0.29) is 5.54 Å². The molecule has 0 saturated heterocycles. The fraction of sp³-hybridized carbons (Fsp3) is 0.500. The number of nitrogens with one attached hydrogen (secondary N) is 1. The average molecular weight is 245 g/mol. The Bertz CT molecular complexity index is 568. The first-order chi connectivity index (χ1) is 8.55. The minimum absolute atomic E-state index is 0.0775. The molecule has 0 amide bonds. The lowest BCUT2D eigenvalue weighted by Gasteiger charge is -2.36. The van der Waals surface area contributed by atoms with Crippen LogP contribution >= 0.6 is 0 Å². The Morgan fingerprint density at radius 1 is 1.39 bits per heavy atom. The molecular formula is C14H19N3O. The molecule has 2 aromatic rings. The van der Waals surface area contributed by atoms with Crippen molar-refractivity contribution < 1.29 is 4.74 Å². The topological polar surface area (TPSA) is 41.1 Å². The minimum atomic E-state index is 0.0775. The summed E-state index contributed by atoms with van der Waals surface area (Å²) in [5.74, 6) is 0.748. The molecule has 96 valence electrons. The third kappa shape index (κ3) is 1.82. The molecule has 0 atom stereocenters. The van der Waals surface area contributed by atoms with E-state index in [9.17, 15) is 0 Å². The van der Waals surface area contributed by atoms with Crippen LogP contribution in [0.2, 0.25) is 0 Å². The number of ether oxygens (including phenoxy) is 1. The molecule has 4 heteroatoms. The van der Waals surface area contributed by atoms with Crippen LogP contribution in [-0.2, 0) is 0 Å². The fourth-order valence-electron chi connectivity index (χ4n) is 2.46. The highest BCUT2D eigenvalue weighted by Crippen LogP contribution is 2.35. The predicted octanol–water partition coefficient (Wildman–Crippen LogP) is 2.95. The van der Waals surface area contributed by atoms with Crippen molar-refractivity contribution in [3.63, 3.8) is 0 Å². The molecule has 0 spiro atoms. The van der Waals surface area contributed by atoms with Crippen molar-refractivity contribution in [3.8, 4) is 5.88 Å². The maximum absolute atomic E-state index is 5.78. The highest BCUT2D eigenvalue weighted by atomic mass is 16.5. The molecule has 3 heterocycles. The zero-order chi connectivity index (χ0) is 12.8. The molecule has 1 aliphatic rings. The number of hydrogen-bond acceptors (Lipinski definition) is 3. The summed E-state index contributed by atoms with van der Waals surface area (Å²) in [7, 11) is 0. The molecule has 18 heavy (non-hydrogen) atoms.